The van der Waals surface area contributed by atoms with Gasteiger partial charge in [0.2, 0.25) is 0 Å². The van der Waals surface area contributed by atoms with Crippen LogP contribution in [-0.2, 0) is 0 Å². The monoisotopic (exact) mass is 260 g/mol. The molecule has 98 valence electrons. The maximum atomic E-state index is 12.4. The first-order valence-electron chi connectivity index (χ1n) is 5.26. The Labute approximate surface area is 101 Å². The van der Waals surface area contributed by atoms with Gasteiger partial charge < -0.3 is 10.6 Å². The highest BCUT2D eigenvalue weighted by atomic mass is 35.5. The highest BCUT2D eigenvalue weighted by molar-refractivity contribution is 5.85. The number of rotatable bonds is 2. The molecule has 0 unspecified atom stereocenters. The van der Waals surface area contributed by atoms with Crippen LogP contribution in [-0.4, -0.2) is 36.2 Å². The molecule has 0 radical (unpaired) electrons. The Morgan fingerprint density at radius 3 is 1.94 bits per heavy atom. The van der Waals surface area contributed by atoms with Gasteiger partial charge in [-0.15, -0.1) is 12.4 Å². The van der Waals surface area contributed by atoms with Gasteiger partial charge in [-0.2, -0.15) is 13.2 Å². The van der Waals surface area contributed by atoms with Crippen LogP contribution in [0.4, 0.5) is 13.2 Å². The van der Waals surface area contributed by atoms with Gasteiger partial charge in [0.05, 0.1) is 5.92 Å². The van der Waals surface area contributed by atoms with Crippen LogP contribution >= 0.6 is 12.4 Å². The number of nitrogens with zero attached hydrogens (tertiary/aromatic N) is 1. The van der Waals surface area contributed by atoms with Gasteiger partial charge in [0.15, 0.2) is 0 Å². The Balaban J connectivity index is 0.00000225. The van der Waals surface area contributed by atoms with Gasteiger partial charge in [-0.05, 0) is 39.8 Å². The predicted molar refractivity (Wildman–Crippen MR) is 60.7 cm³/mol. The number of halogens is 4. The molecule has 0 saturated carbocycles. The molecule has 6 heteroatoms. The fraction of sp³-hybridized carbons (Fsp3) is 1.00. The number of alkyl halides is 3. The average molecular weight is 261 g/mol. The molecule has 0 aromatic rings. The van der Waals surface area contributed by atoms with Gasteiger partial charge in [-0.1, -0.05) is 0 Å². The van der Waals surface area contributed by atoms with Gasteiger partial charge >= 0.3 is 6.18 Å². The van der Waals surface area contributed by atoms with Crippen molar-refractivity contribution < 1.29 is 13.2 Å². The van der Waals surface area contributed by atoms with Crippen molar-refractivity contribution in [1.29, 1.82) is 0 Å². The maximum Gasteiger partial charge on any atom is 0.391 e. The van der Waals surface area contributed by atoms with E-state index in [9.17, 15) is 13.2 Å². The van der Waals surface area contributed by atoms with Crippen LogP contribution in [0.25, 0.3) is 0 Å². The van der Waals surface area contributed by atoms with Crippen LogP contribution in [0, 0.1) is 5.92 Å². The number of piperidine rings is 1. The summed E-state index contributed by atoms with van der Waals surface area (Å²) in [6, 6.07) is 0. The highest BCUT2D eigenvalue weighted by Crippen LogP contribution is 2.34. The Morgan fingerprint density at radius 2 is 1.62 bits per heavy atom. The molecule has 1 rings (SSSR count). The maximum absolute atomic E-state index is 12.4. The summed E-state index contributed by atoms with van der Waals surface area (Å²) in [5.74, 6) is -1.12. The van der Waals surface area contributed by atoms with E-state index in [0.717, 1.165) is 0 Å². The van der Waals surface area contributed by atoms with Crippen molar-refractivity contribution in [2.24, 2.45) is 11.7 Å². The standard InChI is InChI=1S/C10H19F3N2.ClH/c1-9(2,14)7-15-5-3-8(4-6-15)10(11,12)13;/h8H,3-7,14H2,1-2H3;1H. The first-order chi connectivity index (χ1) is 6.68. The van der Waals surface area contributed by atoms with Crippen LogP contribution in [0.2, 0.25) is 0 Å². The van der Waals surface area contributed by atoms with Crippen LogP contribution in [0.3, 0.4) is 0 Å². The summed E-state index contributed by atoms with van der Waals surface area (Å²) in [5.41, 5.74) is 5.49. The number of likely N-dealkylation sites (tertiary alicyclic amines) is 1. The summed E-state index contributed by atoms with van der Waals surface area (Å²) in [6.45, 7) is 5.46. The van der Waals surface area contributed by atoms with E-state index >= 15 is 0 Å². The van der Waals surface area contributed by atoms with E-state index in [-0.39, 0.29) is 30.8 Å². The largest absolute Gasteiger partial charge is 0.391 e. The minimum absolute atomic E-state index is 0. The molecule has 1 fully saturated rings. The predicted octanol–water partition coefficient (Wildman–Crippen LogP) is 2.42. The van der Waals surface area contributed by atoms with Gasteiger partial charge in [0, 0.05) is 12.1 Å². The summed E-state index contributed by atoms with van der Waals surface area (Å²) >= 11 is 0. The molecule has 16 heavy (non-hydrogen) atoms. The molecule has 1 saturated heterocycles. The smallest absolute Gasteiger partial charge is 0.324 e. The summed E-state index contributed by atoms with van der Waals surface area (Å²) < 4.78 is 37.1. The summed E-state index contributed by atoms with van der Waals surface area (Å²) in [7, 11) is 0. The topological polar surface area (TPSA) is 29.3 Å². The lowest BCUT2D eigenvalue weighted by molar-refractivity contribution is -0.185. The molecule has 2 nitrogen and oxygen atoms in total. The molecular weight excluding hydrogens is 241 g/mol. The van der Waals surface area contributed by atoms with Crippen molar-refractivity contribution in [3.63, 3.8) is 0 Å². The Kier molecular flexibility index (Phi) is 5.56. The molecule has 0 aromatic carbocycles. The van der Waals surface area contributed by atoms with E-state index in [4.69, 9.17) is 5.73 Å². The second-order valence-corrected chi connectivity index (χ2v) is 5.08. The third-order valence-electron chi connectivity index (χ3n) is 2.68. The average Bonchev–Trinajstić information content (AvgIpc) is 2.00. The Bertz CT molecular complexity index is 205. The number of hydrogen-bond donors (Lipinski definition) is 1. The first kappa shape index (κ1) is 16.0. The van der Waals surface area contributed by atoms with Crippen LogP contribution in [0.5, 0.6) is 0 Å². The minimum atomic E-state index is -4.02. The van der Waals surface area contributed by atoms with Crippen LogP contribution in [0.1, 0.15) is 26.7 Å². The van der Waals surface area contributed by atoms with Gasteiger partial charge in [-0.3, -0.25) is 0 Å². The lowest BCUT2D eigenvalue weighted by Crippen LogP contribution is -2.49. The summed E-state index contributed by atoms with van der Waals surface area (Å²) in [5, 5.41) is 0. The molecule has 1 aliphatic heterocycles. The van der Waals surface area contributed by atoms with Crippen molar-refractivity contribution in [3.8, 4) is 0 Å². The molecule has 0 aromatic heterocycles. The van der Waals surface area contributed by atoms with Gasteiger partial charge in [0.25, 0.3) is 0 Å². The lowest BCUT2D eigenvalue weighted by atomic mass is 9.95. The van der Waals surface area contributed by atoms with Crippen molar-refractivity contribution in [1.82, 2.24) is 4.90 Å². The van der Waals surface area contributed by atoms with Crippen molar-refractivity contribution in [3.05, 3.63) is 0 Å². The second-order valence-electron chi connectivity index (χ2n) is 5.08. The summed E-state index contributed by atoms with van der Waals surface area (Å²) in [4.78, 5) is 2.02. The summed E-state index contributed by atoms with van der Waals surface area (Å²) in [6.07, 6.45) is -3.61. The molecule has 0 aliphatic carbocycles. The molecular formula is C10H20ClF3N2. The van der Waals surface area contributed by atoms with Crippen LogP contribution in [0.15, 0.2) is 0 Å². The normalized spacial score (nSPS) is 20.6. The van der Waals surface area contributed by atoms with Gasteiger partial charge in [-0.25, -0.2) is 0 Å². The molecule has 0 bridgehead atoms. The number of hydrogen-bond acceptors (Lipinski definition) is 2. The van der Waals surface area contributed by atoms with E-state index in [0.29, 0.717) is 19.6 Å². The SMILES string of the molecule is CC(C)(N)CN1CCC(C(F)(F)F)CC1.Cl. The van der Waals surface area contributed by atoms with Crippen molar-refractivity contribution in [2.75, 3.05) is 19.6 Å². The lowest BCUT2D eigenvalue weighted by Gasteiger charge is -2.36. The zero-order valence-electron chi connectivity index (χ0n) is 9.68. The van der Waals surface area contributed by atoms with Crippen molar-refractivity contribution >= 4 is 12.4 Å². The van der Waals surface area contributed by atoms with E-state index in [2.05, 4.69) is 0 Å². The minimum Gasteiger partial charge on any atom is -0.324 e. The zero-order chi connectivity index (χ0) is 11.7. The van der Waals surface area contributed by atoms with Gasteiger partial charge in [0.1, 0.15) is 0 Å². The quantitative estimate of drug-likeness (QED) is 0.826. The molecule has 2 N–H and O–H groups in total. The molecule has 1 heterocycles. The Morgan fingerprint density at radius 1 is 1.19 bits per heavy atom. The van der Waals surface area contributed by atoms with E-state index in [1.165, 1.54) is 0 Å². The fourth-order valence-electron chi connectivity index (χ4n) is 1.99. The van der Waals surface area contributed by atoms with Crippen molar-refractivity contribution in [2.45, 2.75) is 38.4 Å². The molecule has 0 spiro atoms. The second kappa shape index (κ2) is 5.56. The van der Waals surface area contributed by atoms with E-state index in [1.807, 2.05) is 18.7 Å². The fourth-order valence-corrected chi connectivity index (χ4v) is 1.99. The molecule has 1 aliphatic rings. The highest BCUT2D eigenvalue weighted by Gasteiger charge is 2.41. The third kappa shape index (κ3) is 5.37. The van der Waals surface area contributed by atoms with E-state index in [1.54, 1.807) is 0 Å². The van der Waals surface area contributed by atoms with Crippen LogP contribution < -0.4 is 5.73 Å². The first-order valence-corrected chi connectivity index (χ1v) is 5.26. The number of nitrogens with two attached hydrogens (primary N) is 1. The molecule has 0 atom stereocenters. The zero-order valence-corrected chi connectivity index (χ0v) is 10.5. The van der Waals surface area contributed by atoms with E-state index < -0.39 is 12.1 Å². The third-order valence-corrected chi connectivity index (χ3v) is 2.68. The molecule has 0 amide bonds. The Hall–Kier alpha value is -0.0000000000000000555.